The first-order valence-electron chi connectivity index (χ1n) is 15.7. The van der Waals surface area contributed by atoms with Crippen molar-refractivity contribution < 1.29 is 22.7 Å². The molecule has 1 heterocycles. The molecule has 0 radical (unpaired) electrons. The van der Waals surface area contributed by atoms with Crippen molar-refractivity contribution in [2.45, 2.75) is 13.8 Å². The third kappa shape index (κ3) is 5.73. The topological polar surface area (TPSA) is 97.8 Å². The minimum absolute atomic E-state index is 0.191. The molecule has 9 heteroatoms. The van der Waals surface area contributed by atoms with Gasteiger partial charge in [0, 0.05) is 58.5 Å². The van der Waals surface area contributed by atoms with Gasteiger partial charge in [-0.15, -0.1) is 0 Å². The van der Waals surface area contributed by atoms with E-state index >= 15 is 0 Å². The van der Waals surface area contributed by atoms with E-state index in [4.69, 9.17) is 14.5 Å². The van der Waals surface area contributed by atoms with Crippen LogP contribution in [0.15, 0.2) is 115 Å². The lowest BCUT2D eigenvalue weighted by Gasteiger charge is -2.26. The summed E-state index contributed by atoms with van der Waals surface area (Å²) in [4.78, 5) is 21.6. The Morgan fingerprint density at radius 3 is 1.94 bits per heavy atom. The SMILES string of the molecule is CCN(CC)c1ccc(-c2ncc3c(Oc4ccccc4)cc(Oc4ccccc4)c4c3c2-c2ccccc2C4=O)c(NS(C)(=O)=O)c1. The summed E-state index contributed by atoms with van der Waals surface area (Å²) in [6, 6.07) is 33.5. The van der Waals surface area contributed by atoms with Gasteiger partial charge in [-0.2, -0.15) is 0 Å². The summed E-state index contributed by atoms with van der Waals surface area (Å²) >= 11 is 0. The largest absolute Gasteiger partial charge is 0.457 e. The van der Waals surface area contributed by atoms with Crippen molar-refractivity contribution in [3.05, 3.63) is 127 Å². The highest BCUT2D eigenvalue weighted by Crippen LogP contribution is 2.51. The number of anilines is 2. The van der Waals surface area contributed by atoms with Crippen molar-refractivity contribution in [2.75, 3.05) is 29.0 Å². The molecular weight excluding hydrogens is 623 g/mol. The first kappa shape index (κ1) is 31.0. The Bertz CT molecular complexity index is 2290. The Kier molecular flexibility index (Phi) is 8.06. The Balaban J connectivity index is 1.57. The van der Waals surface area contributed by atoms with Crippen LogP contribution in [0.3, 0.4) is 0 Å². The van der Waals surface area contributed by atoms with Crippen LogP contribution < -0.4 is 19.1 Å². The first-order chi connectivity index (χ1) is 23.3. The van der Waals surface area contributed by atoms with E-state index in [1.165, 1.54) is 0 Å². The molecule has 0 aliphatic heterocycles. The molecule has 0 bridgehead atoms. The number of hydrogen-bond acceptors (Lipinski definition) is 7. The van der Waals surface area contributed by atoms with Crippen molar-refractivity contribution in [1.29, 1.82) is 0 Å². The van der Waals surface area contributed by atoms with Crippen LogP contribution in [0.4, 0.5) is 11.4 Å². The lowest BCUT2D eigenvalue weighted by atomic mass is 9.80. The molecule has 48 heavy (non-hydrogen) atoms. The average molecular weight is 656 g/mol. The third-order valence-electron chi connectivity index (χ3n) is 8.40. The van der Waals surface area contributed by atoms with Crippen LogP contribution in [0.5, 0.6) is 23.0 Å². The highest BCUT2D eigenvalue weighted by Gasteiger charge is 2.33. The normalized spacial score (nSPS) is 12.0. The van der Waals surface area contributed by atoms with Crippen molar-refractivity contribution in [3.63, 3.8) is 0 Å². The number of nitrogens with zero attached hydrogens (tertiary/aromatic N) is 2. The van der Waals surface area contributed by atoms with E-state index in [9.17, 15) is 13.2 Å². The van der Waals surface area contributed by atoms with Crippen molar-refractivity contribution >= 4 is 38.0 Å². The molecule has 8 nitrogen and oxygen atoms in total. The number of ether oxygens (including phenoxy) is 2. The van der Waals surface area contributed by atoms with Gasteiger partial charge < -0.3 is 14.4 Å². The first-order valence-corrected chi connectivity index (χ1v) is 17.6. The van der Waals surface area contributed by atoms with Crippen LogP contribution >= 0.6 is 0 Å². The van der Waals surface area contributed by atoms with Crippen LogP contribution in [0.1, 0.15) is 29.8 Å². The number of ketones is 1. The van der Waals surface area contributed by atoms with E-state index in [2.05, 4.69) is 23.5 Å². The number of benzene rings is 5. The lowest BCUT2D eigenvalue weighted by Crippen LogP contribution is -2.22. The van der Waals surface area contributed by atoms with E-state index in [1.54, 1.807) is 18.3 Å². The van der Waals surface area contributed by atoms with Crippen molar-refractivity contribution in [2.24, 2.45) is 0 Å². The van der Waals surface area contributed by atoms with Gasteiger partial charge in [-0.05, 0) is 61.9 Å². The molecule has 240 valence electrons. The summed E-state index contributed by atoms with van der Waals surface area (Å²) in [5.74, 6) is 1.78. The second kappa shape index (κ2) is 12.5. The molecule has 0 spiro atoms. The molecule has 6 aromatic rings. The summed E-state index contributed by atoms with van der Waals surface area (Å²) in [6.45, 7) is 5.60. The fourth-order valence-corrected chi connectivity index (χ4v) is 6.85. The molecule has 0 fully saturated rings. The molecule has 1 N–H and O–H groups in total. The van der Waals surface area contributed by atoms with Crippen molar-refractivity contribution in [1.82, 2.24) is 4.98 Å². The Hall–Kier alpha value is -5.67. The lowest BCUT2D eigenvalue weighted by molar-refractivity contribution is 0.103. The quantitative estimate of drug-likeness (QED) is 0.157. The molecule has 1 aliphatic carbocycles. The number of carbonyl (C=O) groups excluding carboxylic acids is 1. The van der Waals surface area contributed by atoms with E-state index in [-0.39, 0.29) is 5.78 Å². The predicted molar refractivity (Wildman–Crippen MR) is 191 cm³/mol. The highest BCUT2D eigenvalue weighted by molar-refractivity contribution is 7.92. The Labute approximate surface area is 279 Å². The number of fused-ring (bicyclic) bond motifs is 2. The van der Waals surface area contributed by atoms with Crippen LogP contribution in [-0.4, -0.2) is 38.5 Å². The Morgan fingerprint density at radius 2 is 1.31 bits per heavy atom. The molecule has 0 saturated heterocycles. The standard InChI is InChI=1S/C39H33N3O5S/c1-4-42(5-2)25-20-21-30(32(22-25)41-48(3,44)45)38-36-28-18-12-13-19-29(28)39(43)37-34(47-27-16-10-7-11-17-27)23-33(31(24-40-38)35(36)37)46-26-14-8-6-9-15-26/h6-24,41H,4-5H2,1-3H3. The number of aromatic nitrogens is 1. The minimum Gasteiger partial charge on any atom is -0.457 e. The van der Waals surface area contributed by atoms with Gasteiger partial charge in [-0.25, -0.2) is 8.42 Å². The average Bonchev–Trinajstić information content (AvgIpc) is 3.08. The van der Waals surface area contributed by atoms with Gasteiger partial charge in [0.05, 0.1) is 23.2 Å². The molecular formula is C39H33N3O5S. The molecule has 0 atom stereocenters. The third-order valence-corrected chi connectivity index (χ3v) is 8.99. The zero-order valence-corrected chi connectivity index (χ0v) is 27.5. The van der Waals surface area contributed by atoms with E-state index in [0.29, 0.717) is 73.0 Å². The molecule has 0 unspecified atom stereocenters. The summed E-state index contributed by atoms with van der Waals surface area (Å²) < 4.78 is 41.0. The maximum atomic E-state index is 14.4. The van der Waals surface area contributed by atoms with Gasteiger partial charge in [0.25, 0.3) is 0 Å². The van der Waals surface area contributed by atoms with E-state index in [0.717, 1.165) is 25.0 Å². The minimum atomic E-state index is -3.66. The van der Waals surface area contributed by atoms with Crippen LogP contribution in [-0.2, 0) is 10.0 Å². The number of hydrogen-bond donors (Lipinski definition) is 1. The van der Waals surface area contributed by atoms with Gasteiger partial charge in [0.15, 0.2) is 5.78 Å². The molecule has 0 saturated carbocycles. The fraction of sp³-hybridized carbons (Fsp3) is 0.128. The number of sulfonamides is 1. The number of pyridine rings is 1. The van der Waals surface area contributed by atoms with Gasteiger partial charge in [0.1, 0.15) is 23.0 Å². The molecule has 5 aromatic carbocycles. The Morgan fingerprint density at radius 1 is 0.708 bits per heavy atom. The number of para-hydroxylation sites is 2. The molecule has 7 rings (SSSR count). The van der Waals surface area contributed by atoms with Gasteiger partial charge in [0.2, 0.25) is 10.0 Å². The summed E-state index contributed by atoms with van der Waals surface area (Å²) in [7, 11) is -3.66. The predicted octanol–water partition coefficient (Wildman–Crippen LogP) is 8.92. The monoisotopic (exact) mass is 655 g/mol. The number of rotatable bonds is 10. The summed E-state index contributed by atoms with van der Waals surface area (Å²) in [6.07, 6.45) is 2.82. The second-order valence-corrected chi connectivity index (χ2v) is 13.2. The van der Waals surface area contributed by atoms with E-state index < -0.39 is 10.0 Å². The maximum Gasteiger partial charge on any atom is 0.229 e. The van der Waals surface area contributed by atoms with Crippen LogP contribution in [0.25, 0.3) is 33.2 Å². The molecule has 1 aliphatic rings. The molecule has 1 aromatic heterocycles. The second-order valence-electron chi connectivity index (χ2n) is 11.5. The zero-order valence-electron chi connectivity index (χ0n) is 26.7. The van der Waals surface area contributed by atoms with E-state index in [1.807, 2.05) is 97.1 Å². The number of carbonyl (C=O) groups is 1. The summed E-state index contributed by atoms with van der Waals surface area (Å²) in [5, 5.41) is 1.23. The smallest absolute Gasteiger partial charge is 0.229 e. The van der Waals surface area contributed by atoms with Crippen molar-refractivity contribution in [3.8, 4) is 45.4 Å². The summed E-state index contributed by atoms with van der Waals surface area (Å²) in [5.41, 5.74) is 4.59. The fourth-order valence-electron chi connectivity index (χ4n) is 6.28. The van der Waals surface area contributed by atoms with Crippen LogP contribution in [0.2, 0.25) is 0 Å². The zero-order chi connectivity index (χ0) is 33.4. The maximum absolute atomic E-state index is 14.4. The number of nitrogens with one attached hydrogen (secondary N) is 1. The van der Waals surface area contributed by atoms with Gasteiger partial charge in [-0.1, -0.05) is 60.7 Å². The molecule has 0 amide bonds. The van der Waals surface area contributed by atoms with Gasteiger partial charge in [-0.3, -0.25) is 14.5 Å². The van der Waals surface area contributed by atoms with Gasteiger partial charge >= 0.3 is 0 Å². The highest BCUT2D eigenvalue weighted by atomic mass is 32.2. The van der Waals surface area contributed by atoms with Crippen LogP contribution in [0, 0.1) is 0 Å².